The van der Waals surface area contributed by atoms with E-state index < -0.39 is 5.97 Å². The van der Waals surface area contributed by atoms with Gasteiger partial charge in [-0.2, -0.15) is 0 Å². The van der Waals surface area contributed by atoms with Gasteiger partial charge in [0.15, 0.2) is 6.61 Å². The number of benzene rings is 1. The number of rotatable bonds is 16. The molecule has 40 heavy (non-hydrogen) atoms. The van der Waals surface area contributed by atoms with Gasteiger partial charge in [0.25, 0.3) is 0 Å². The van der Waals surface area contributed by atoms with Gasteiger partial charge in [0, 0.05) is 13.2 Å². The Hall–Kier alpha value is -2.12. The third kappa shape index (κ3) is 8.69. The van der Waals surface area contributed by atoms with E-state index in [4.69, 9.17) is 19.3 Å². The molecule has 1 aromatic carbocycles. The molecule has 0 spiro atoms. The first kappa shape index (κ1) is 30.8. The Kier molecular flexibility index (Phi) is 12.2. The predicted molar refractivity (Wildman–Crippen MR) is 153 cm³/mol. The molecule has 224 valence electrons. The lowest BCUT2D eigenvalue weighted by molar-refractivity contribution is -0.158. The van der Waals surface area contributed by atoms with Gasteiger partial charge >= 0.3 is 11.9 Å². The monoisotopic (exact) mass is 558 g/mol. The minimum atomic E-state index is -0.980. The summed E-state index contributed by atoms with van der Waals surface area (Å²) in [5.74, 6) is 0.467. The minimum absolute atomic E-state index is 0.0564. The minimum Gasteiger partial charge on any atom is -0.482 e. The highest BCUT2D eigenvalue weighted by Crippen LogP contribution is 2.48. The molecule has 7 nitrogen and oxygen atoms in total. The fraction of sp³-hybridized carbons (Fsp3) is 0.758. The number of carboxylic acid groups (broad SMARTS) is 1. The summed E-state index contributed by atoms with van der Waals surface area (Å²) in [5.41, 5.74) is 2.30. The Bertz CT molecular complexity index is 941. The number of aliphatic carboxylic acids is 1. The number of aliphatic hydroxyl groups is 1. The maximum absolute atomic E-state index is 13.0. The van der Waals surface area contributed by atoms with Crippen LogP contribution in [0.25, 0.3) is 0 Å². The molecule has 0 amide bonds. The fourth-order valence-corrected chi connectivity index (χ4v) is 7.24. The van der Waals surface area contributed by atoms with Crippen LogP contribution >= 0.6 is 0 Å². The number of unbranched alkanes of at least 4 members (excludes halogenated alkanes) is 6. The second-order valence-corrected chi connectivity index (χ2v) is 12.3. The van der Waals surface area contributed by atoms with Gasteiger partial charge < -0.3 is 24.4 Å². The third-order valence-electron chi connectivity index (χ3n) is 9.49. The molecule has 1 heterocycles. The molecule has 1 saturated heterocycles. The topological polar surface area (TPSA) is 102 Å². The lowest BCUT2D eigenvalue weighted by Crippen LogP contribution is -2.31. The van der Waals surface area contributed by atoms with Crippen LogP contribution in [0, 0.1) is 23.7 Å². The number of aliphatic hydroxyl groups excluding tert-OH is 1. The van der Waals surface area contributed by atoms with Gasteiger partial charge in [-0.3, -0.25) is 4.79 Å². The number of ether oxygens (including phenoxy) is 3. The predicted octanol–water partition coefficient (Wildman–Crippen LogP) is 6.12. The maximum atomic E-state index is 13.0. The Balaban J connectivity index is 1.34. The lowest BCUT2D eigenvalue weighted by atomic mass is 9.73. The van der Waals surface area contributed by atoms with Gasteiger partial charge in [-0.25, -0.2) is 4.79 Å². The third-order valence-corrected chi connectivity index (χ3v) is 9.49. The Morgan fingerprint density at radius 3 is 2.52 bits per heavy atom. The van der Waals surface area contributed by atoms with Crippen LogP contribution in [0.5, 0.6) is 5.75 Å². The van der Waals surface area contributed by atoms with E-state index in [0.717, 1.165) is 63.4 Å². The van der Waals surface area contributed by atoms with E-state index in [9.17, 15) is 14.7 Å². The molecule has 2 N–H and O–H groups in total. The lowest BCUT2D eigenvalue weighted by Gasteiger charge is -2.33. The van der Waals surface area contributed by atoms with E-state index in [-0.39, 0.29) is 36.6 Å². The number of hydrogen-bond acceptors (Lipinski definition) is 6. The molecule has 2 aliphatic carbocycles. The van der Waals surface area contributed by atoms with Crippen LogP contribution in [0.3, 0.4) is 0 Å². The quantitative estimate of drug-likeness (QED) is 0.186. The van der Waals surface area contributed by atoms with Gasteiger partial charge in [-0.15, -0.1) is 0 Å². The molecule has 0 unspecified atom stereocenters. The van der Waals surface area contributed by atoms with Crippen molar-refractivity contribution in [2.75, 3.05) is 19.8 Å². The highest BCUT2D eigenvalue weighted by atomic mass is 16.5. The molecule has 7 heteroatoms. The zero-order chi connectivity index (χ0) is 28.3. The second kappa shape index (κ2) is 15.8. The van der Waals surface area contributed by atoms with Gasteiger partial charge in [-0.1, -0.05) is 57.6 Å². The summed E-state index contributed by atoms with van der Waals surface area (Å²) < 4.78 is 17.2. The van der Waals surface area contributed by atoms with Crippen molar-refractivity contribution < 1.29 is 34.0 Å². The SMILES string of the molecule is CCCCCCCCC[C@@H](CC[C@@H]1[C@H]2Cc3cccc(OCC(=O)O)c3C[C@H]2C[C@H]1O)OC(=O)C1CCOCC1. The number of carbonyl (C=O) groups is 2. The highest BCUT2D eigenvalue weighted by molar-refractivity contribution is 5.72. The molecule has 0 aromatic heterocycles. The molecule has 1 saturated carbocycles. The second-order valence-electron chi connectivity index (χ2n) is 12.3. The van der Waals surface area contributed by atoms with E-state index in [1.165, 1.54) is 44.1 Å². The zero-order valence-electron chi connectivity index (χ0n) is 24.4. The van der Waals surface area contributed by atoms with Crippen LogP contribution in [0.2, 0.25) is 0 Å². The van der Waals surface area contributed by atoms with E-state index in [0.29, 0.717) is 30.8 Å². The van der Waals surface area contributed by atoms with Crippen molar-refractivity contribution in [3.8, 4) is 5.75 Å². The first-order valence-corrected chi connectivity index (χ1v) is 15.9. The number of carbonyl (C=O) groups excluding carboxylic acids is 1. The van der Waals surface area contributed by atoms with E-state index in [1.54, 1.807) is 0 Å². The maximum Gasteiger partial charge on any atom is 0.341 e. The number of carboxylic acids is 1. The summed E-state index contributed by atoms with van der Waals surface area (Å²) in [7, 11) is 0. The van der Waals surface area contributed by atoms with Gasteiger partial charge in [-0.05, 0) is 92.7 Å². The molecule has 0 radical (unpaired) electrons. The summed E-state index contributed by atoms with van der Waals surface area (Å²) in [4.78, 5) is 24.0. The molecule has 1 aliphatic heterocycles. The average Bonchev–Trinajstić information content (AvgIpc) is 3.26. The van der Waals surface area contributed by atoms with Crippen LogP contribution in [-0.4, -0.2) is 54.2 Å². The first-order valence-electron chi connectivity index (χ1n) is 15.9. The summed E-state index contributed by atoms with van der Waals surface area (Å²) in [6, 6.07) is 5.90. The Morgan fingerprint density at radius 1 is 1.02 bits per heavy atom. The van der Waals surface area contributed by atoms with Crippen LogP contribution in [0.1, 0.15) is 102 Å². The van der Waals surface area contributed by atoms with Gasteiger partial charge in [0.1, 0.15) is 11.9 Å². The summed E-state index contributed by atoms with van der Waals surface area (Å²) >= 11 is 0. The number of hydrogen-bond donors (Lipinski definition) is 2. The zero-order valence-corrected chi connectivity index (χ0v) is 24.4. The van der Waals surface area contributed by atoms with Crippen molar-refractivity contribution in [2.24, 2.45) is 23.7 Å². The highest BCUT2D eigenvalue weighted by Gasteiger charge is 2.45. The van der Waals surface area contributed by atoms with Crippen molar-refractivity contribution in [1.82, 2.24) is 0 Å². The molecule has 5 atom stereocenters. The molecule has 4 rings (SSSR count). The van der Waals surface area contributed by atoms with Crippen molar-refractivity contribution in [3.63, 3.8) is 0 Å². The normalized spacial score (nSPS) is 25.1. The number of fused-ring (bicyclic) bond motifs is 2. The summed E-state index contributed by atoms with van der Waals surface area (Å²) in [5, 5.41) is 20.2. The molecule has 3 aliphatic rings. The average molecular weight is 559 g/mol. The molecule has 0 bridgehead atoms. The summed E-state index contributed by atoms with van der Waals surface area (Å²) in [6.45, 7) is 3.15. The molecule has 1 aromatic rings. The molecule has 2 fully saturated rings. The largest absolute Gasteiger partial charge is 0.482 e. The van der Waals surface area contributed by atoms with Crippen LogP contribution in [-0.2, 0) is 31.9 Å². The first-order chi connectivity index (χ1) is 19.5. The Labute approximate surface area is 240 Å². The smallest absolute Gasteiger partial charge is 0.341 e. The fourth-order valence-electron chi connectivity index (χ4n) is 7.24. The van der Waals surface area contributed by atoms with Crippen molar-refractivity contribution in [1.29, 1.82) is 0 Å². The van der Waals surface area contributed by atoms with Gasteiger partial charge in [0.05, 0.1) is 12.0 Å². The van der Waals surface area contributed by atoms with Crippen molar-refractivity contribution in [3.05, 3.63) is 29.3 Å². The number of esters is 1. The van der Waals surface area contributed by atoms with Crippen LogP contribution in [0.15, 0.2) is 18.2 Å². The molecular weight excluding hydrogens is 508 g/mol. The van der Waals surface area contributed by atoms with Crippen LogP contribution < -0.4 is 4.74 Å². The van der Waals surface area contributed by atoms with Crippen molar-refractivity contribution >= 4 is 11.9 Å². The standard InChI is InChI=1S/C33H50O7/c1-2-3-4-5-6-7-8-11-26(40-33(37)23-15-17-38-18-16-23)13-14-27-28-19-24-10-9-12-31(39-22-32(35)36)29(24)20-25(28)21-30(27)34/h9-10,12,23,25-28,30,34H,2-8,11,13-22H2,1H3,(H,35,36)/t25-,26-,27+,28-,30+/m0/s1. The van der Waals surface area contributed by atoms with Gasteiger partial charge in [0.2, 0.25) is 0 Å². The van der Waals surface area contributed by atoms with E-state index in [2.05, 4.69) is 13.0 Å². The van der Waals surface area contributed by atoms with Crippen molar-refractivity contribution in [2.45, 2.75) is 115 Å². The Morgan fingerprint density at radius 2 is 1.77 bits per heavy atom. The summed E-state index contributed by atoms with van der Waals surface area (Å²) in [6.07, 6.45) is 14.6. The molecular formula is C33H50O7. The van der Waals surface area contributed by atoms with E-state index in [1.807, 2.05) is 12.1 Å². The van der Waals surface area contributed by atoms with E-state index >= 15 is 0 Å². The van der Waals surface area contributed by atoms with Crippen LogP contribution in [0.4, 0.5) is 0 Å².